The summed E-state index contributed by atoms with van der Waals surface area (Å²) < 4.78 is 28.0. The Morgan fingerprint density at radius 1 is 0.907 bits per heavy atom. The van der Waals surface area contributed by atoms with Crippen LogP contribution in [0.3, 0.4) is 0 Å². The highest BCUT2D eigenvalue weighted by Crippen LogP contribution is 2.18. The number of amides is 2. The fraction of sp³-hybridized carbons (Fsp3) is 0.412. The van der Waals surface area contributed by atoms with Gasteiger partial charge in [-0.05, 0) is 79.6 Å². The van der Waals surface area contributed by atoms with E-state index >= 15 is 0 Å². The van der Waals surface area contributed by atoms with Crippen LogP contribution in [0.1, 0.15) is 76.6 Å². The van der Waals surface area contributed by atoms with Gasteiger partial charge in [0, 0.05) is 49.5 Å². The highest BCUT2D eigenvalue weighted by Gasteiger charge is 2.25. The van der Waals surface area contributed by atoms with E-state index in [9.17, 15) is 28.6 Å². The quantitative estimate of drug-likeness (QED) is 0.188. The summed E-state index contributed by atoms with van der Waals surface area (Å²) in [5.41, 5.74) is 2.56. The van der Waals surface area contributed by atoms with Crippen molar-refractivity contribution >= 4 is 11.8 Å². The standard InChI is InChI=1S/C34H43F2N3O4/c1-4-12-39(13-5-2)34(43)27-16-23(3)15-26(20-27)33(42)38-31(19-24-17-28(35)21-29(36)18-24)32(41)22-37-30(11-14-40)25-9-7-6-8-10-25/h6-10,15-18,20-21,30-32,37,40-41H,4-5,11-14,19,22H2,1-3H3,(H,38,42)/t30?,31-,32+/m0/s1. The minimum absolute atomic E-state index is 0.0306. The third-order valence-corrected chi connectivity index (χ3v) is 7.21. The highest BCUT2D eigenvalue weighted by atomic mass is 19.1. The summed E-state index contributed by atoms with van der Waals surface area (Å²) in [6.07, 6.45) is 0.814. The average Bonchev–Trinajstić information content (AvgIpc) is 2.97. The number of hydrogen-bond acceptors (Lipinski definition) is 5. The fourth-order valence-electron chi connectivity index (χ4n) is 5.20. The van der Waals surface area contributed by atoms with Crippen molar-refractivity contribution in [3.8, 4) is 0 Å². The molecule has 0 aromatic heterocycles. The number of rotatable bonds is 16. The van der Waals surface area contributed by atoms with Crippen LogP contribution in [0.2, 0.25) is 0 Å². The molecule has 3 atom stereocenters. The van der Waals surface area contributed by atoms with Crippen molar-refractivity contribution in [2.75, 3.05) is 26.2 Å². The molecule has 0 saturated heterocycles. The second-order valence-electron chi connectivity index (χ2n) is 10.9. The van der Waals surface area contributed by atoms with Gasteiger partial charge in [0.1, 0.15) is 11.6 Å². The third kappa shape index (κ3) is 10.2. The Balaban J connectivity index is 1.85. The van der Waals surface area contributed by atoms with Crippen LogP contribution >= 0.6 is 0 Å². The van der Waals surface area contributed by atoms with Gasteiger partial charge in [-0.3, -0.25) is 9.59 Å². The molecule has 0 bridgehead atoms. The van der Waals surface area contributed by atoms with Crippen LogP contribution in [0.5, 0.6) is 0 Å². The number of aliphatic hydroxyl groups excluding tert-OH is 2. The number of nitrogens with one attached hydrogen (secondary N) is 2. The zero-order valence-corrected chi connectivity index (χ0v) is 25.2. The van der Waals surface area contributed by atoms with E-state index < -0.39 is 29.7 Å². The van der Waals surface area contributed by atoms with Crippen LogP contribution in [0.25, 0.3) is 0 Å². The fourth-order valence-corrected chi connectivity index (χ4v) is 5.20. The molecular weight excluding hydrogens is 552 g/mol. The molecule has 2 amide bonds. The molecule has 3 rings (SSSR count). The van der Waals surface area contributed by atoms with E-state index in [-0.39, 0.29) is 42.6 Å². The number of aryl methyl sites for hydroxylation is 1. The molecule has 7 nitrogen and oxygen atoms in total. The maximum atomic E-state index is 14.0. The average molecular weight is 596 g/mol. The Kier molecular flexibility index (Phi) is 13.3. The number of carbonyl (C=O) groups is 2. The lowest BCUT2D eigenvalue weighted by atomic mass is 9.98. The van der Waals surface area contributed by atoms with E-state index in [4.69, 9.17) is 0 Å². The molecule has 9 heteroatoms. The number of benzene rings is 3. The number of hydrogen-bond donors (Lipinski definition) is 4. The number of nitrogens with zero attached hydrogens (tertiary/aromatic N) is 1. The van der Waals surface area contributed by atoms with Gasteiger partial charge in [0.05, 0.1) is 12.1 Å². The predicted molar refractivity (Wildman–Crippen MR) is 164 cm³/mol. The maximum absolute atomic E-state index is 14.0. The molecule has 1 unspecified atom stereocenters. The van der Waals surface area contributed by atoms with E-state index in [0.29, 0.717) is 25.1 Å². The number of carbonyl (C=O) groups excluding carboxylic acids is 2. The predicted octanol–water partition coefficient (Wildman–Crippen LogP) is 4.95. The zero-order valence-electron chi connectivity index (χ0n) is 25.2. The Hall–Kier alpha value is -3.66. The molecule has 3 aromatic rings. The van der Waals surface area contributed by atoms with Crippen molar-refractivity contribution in [3.63, 3.8) is 0 Å². The van der Waals surface area contributed by atoms with Crippen LogP contribution in [-0.2, 0) is 6.42 Å². The molecule has 0 fully saturated rings. The smallest absolute Gasteiger partial charge is 0.253 e. The van der Waals surface area contributed by atoms with Gasteiger partial charge in [-0.25, -0.2) is 8.78 Å². The molecule has 0 heterocycles. The Morgan fingerprint density at radius 3 is 2.14 bits per heavy atom. The number of halogens is 2. The first-order valence-electron chi connectivity index (χ1n) is 14.9. The lowest BCUT2D eigenvalue weighted by molar-refractivity contribution is 0.0755. The Labute approximate surface area is 252 Å². The van der Waals surface area contributed by atoms with Gasteiger partial charge in [-0.1, -0.05) is 44.2 Å². The molecule has 0 aliphatic carbocycles. The first-order valence-corrected chi connectivity index (χ1v) is 14.9. The van der Waals surface area contributed by atoms with Crippen LogP contribution < -0.4 is 10.6 Å². The van der Waals surface area contributed by atoms with Crippen molar-refractivity contribution in [2.45, 2.75) is 64.6 Å². The minimum Gasteiger partial charge on any atom is -0.396 e. The van der Waals surface area contributed by atoms with Crippen LogP contribution in [0.15, 0.2) is 66.7 Å². The minimum atomic E-state index is -1.16. The second kappa shape index (κ2) is 16.8. The van der Waals surface area contributed by atoms with Gasteiger partial charge in [0.25, 0.3) is 11.8 Å². The summed E-state index contributed by atoms with van der Waals surface area (Å²) in [5, 5.41) is 26.9. The highest BCUT2D eigenvalue weighted by molar-refractivity contribution is 6.00. The molecule has 232 valence electrons. The van der Waals surface area contributed by atoms with E-state index in [0.717, 1.165) is 30.0 Å². The number of aliphatic hydroxyl groups is 2. The summed E-state index contributed by atoms with van der Waals surface area (Å²) in [7, 11) is 0. The molecule has 0 aliphatic heterocycles. The second-order valence-corrected chi connectivity index (χ2v) is 10.9. The summed E-state index contributed by atoms with van der Waals surface area (Å²) in [6, 6.07) is 16.3. The van der Waals surface area contributed by atoms with Crippen molar-refractivity contribution < 1.29 is 28.6 Å². The third-order valence-electron chi connectivity index (χ3n) is 7.21. The zero-order chi connectivity index (χ0) is 31.4. The van der Waals surface area contributed by atoms with Crippen molar-refractivity contribution in [1.82, 2.24) is 15.5 Å². The summed E-state index contributed by atoms with van der Waals surface area (Å²) in [6.45, 7) is 6.97. The molecular formula is C34H43F2N3O4. The van der Waals surface area contributed by atoms with Gasteiger partial charge < -0.3 is 25.7 Å². The molecule has 0 aliphatic rings. The summed E-state index contributed by atoms with van der Waals surface area (Å²) >= 11 is 0. The van der Waals surface area contributed by atoms with Gasteiger partial charge in [0.15, 0.2) is 0 Å². The lowest BCUT2D eigenvalue weighted by Gasteiger charge is -2.27. The topological polar surface area (TPSA) is 102 Å². The van der Waals surface area contributed by atoms with E-state index in [1.807, 2.05) is 44.2 Å². The van der Waals surface area contributed by atoms with E-state index in [2.05, 4.69) is 10.6 Å². The molecule has 0 radical (unpaired) electrons. The largest absolute Gasteiger partial charge is 0.396 e. The first kappa shape index (κ1) is 33.8. The summed E-state index contributed by atoms with van der Waals surface area (Å²) in [5.74, 6) is -2.20. The normalized spacial score (nSPS) is 13.3. The van der Waals surface area contributed by atoms with Crippen molar-refractivity contribution in [3.05, 3.63) is 106 Å². The molecule has 0 saturated carbocycles. The Morgan fingerprint density at radius 2 is 1.53 bits per heavy atom. The maximum Gasteiger partial charge on any atom is 0.253 e. The Bertz CT molecular complexity index is 1310. The van der Waals surface area contributed by atoms with Crippen LogP contribution in [0, 0.1) is 18.6 Å². The lowest BCUT2D eigenvalue weighted by Crippen LogP contribution is -2.49. The van der Waals surface area contributed by atoms with E-state index in [1.165, 1.54) is 12.1 Å². The van der Waals surface area contributed by atoms with Crippen LogP contribution in [0.4, 0.5) is 8.78 Å². The van der Waals surface area contributed by atoms with Gasteiger partial charge in [-0.15, -0.1) is 0 Å². The first-order chi connectivity index (χ1) is 20.6. The molecule has 0 spiro atoms. The van der Waals surface area contributed by atoms with Gasteiger partial charge in [-0.2, -0.15) is 0 Å². The van der Waals surface area contributed by atoms with Gasteiger partial charge >= 0.3 is 0 Å². The SMILES string of the molecule is CCCN(CCC)C(=O)c1cc(C)cc(C(=O)N[C@@H](Cc2cc(F)cc(F)c2)[C@H](O)CNC(CCO)c2ccccc2)c1. The molecule has 4 N–H and O–H groups in total. The summed E-state index contributed by atoms with van der Waals surface area (Å²) in [4.78, 5) is 28.6. The molecule has 3 aromatic carbocycles. The van der Waals surface area contributed by atoms with Crippen LogP contribution in [-0.4, -0.2) is 65.3 Å². The van der Waals surface area contributed by atoms with Gasteiger partial charge in [0.2, 0.25) is 0 Å². The monoisotopic (exact) mass is 595 g/mol. The van der Waals surface area contributed by atoms with Crippen molar-refractivity contribution in [2.24, 2.45) is 0 Å². The molecule has 43 heavy (non-hydrogen) atoms. The van der Waals surface area contributed by atoms with E-state index in [1.54, 1.807) is 30.0 Å². The van der Waals surface area contributed by atoms with Crippen molar-refractivity contribution in [1.29, 1.82) is 0 Å².